The summed E-state index contributed by atoms with van der Waals surface area (Å²) >= 11 is 0. The number of amides is 1. The summed E-state index contributed by atoms with van der Waals surface area (Å²) in [6.45, 7) is 8.89. The second kappa shape index (κ2) is 7.94. The number of carbonyl (C=O) groups is 1. The Morgan fingerprint density at radius 2 is 1.87 bits per heavy atom. The molecule has 0 N–H and O–H groups in total. The van der Waals surface area contributed by atoms with Crippen LogP contribution in [0.1, 0.15) is 32.8 Å². The molecule has 7 heteroatoms. The molecule has 156 valence electrons. The zero-order valence-corrected chi connectivity index (χ0v) is 17.7. The van der Waals surface area contributed by atoms with Crippen LogP contribution in [-0.2, 0) is 4.74 Å². The van der Waals surface area contributed by atoms with E-state index in [1.807, 2.05) is 56.3 Å². The molecule has 7 nitrogen and oxygen atoms in total. The lowest BCUT2D eigenvalue weighted by atomic mass is 9.89. The molecule has 2 fully saturated rings. The quantitative estimate of drug-likeness (QED) is 0.758. The van der Waals surface area contributed by atoms with Crippen LogP contribution in [0.5, 0.6) is 0 Å². The highest BCUT2D eigenvalue weighted by Crippen LogP contribution is 2.33. The van der Waals surface area contributed by atoms with Gasteiger partial charge in [0, 0.05) is 44.1 Å². The predicted molar refractivity (Wildman–Crippen MR) is 114 cm³/mol. The monoisotopic (exact) mass is 405 g/mol. The van der Waals surface area contributed by atoms with Gasteiger partial charge in [0.1, 0.15) is 5.60 Å². The molecule has 2 aromatic rings. The third-order valence-electron chi connectivity index (χ3n) is 5.70. The van der Waals surface area contributed by atoms with Gasteiger partial charge in [-0.15, -0.1) is 0 Å². The molecule has 2 atom stereocenters. The van der Waals surface area contributed by atoms with Gasteiger partial charge in [-0.1, -0.05) is 12.1 Å². The highest BCUT2D eigenvalue weighted by Gasteiger charge is 2.40. The zero-order valence-electron chi connectivity index (χ0n) is 17.7. The lowest BCUT2D eigenvalue weighted by molar-refractivity contribution is 0.0140. The molecular formula is C23H27N5O2. The highest BCUT2D eigenvalue weighted by molar-refractivity contribution is 5.68. The van der Waals surface area contributed by atoms with Gasteiger partial charge < -0.3 is 14.5 Å². The molecule has 2 saturated heterocycles. The number of hydrogen-bond acceptors (Lipinski definition) is 6. The lowest BCUT2D eigenvalue weighted by Gasteiger charge is -2.35. The Kier molecular flexibility index (Phi) is 5.33. The molecule has 0 bridgehead atoms. The molecule has 0 radical (unpaired) electrons. The van der Waals surface area contributed by atoms with Crippen LogP contribution >= 0.6 is 0 Å². The average Bonchev–Trinajstić information content (AvgIpc) is 3.16. The molecule has 1 aromatic heterocycles. The molecule has 1 aromatic carbocycles. The molecule has 2 aliphatic rings. The smallest absolute Gasteiger partial charge is 0.410 e. The van der Waals surface area contributed by atoms with Crippen LogP contribution in [0, 0.1) is 23.2 Å². The van der Waals surface area contributed by atoms with Crippen molar-refractivity contribution in [3.63, 3.8) is 0 Å². The average molecular weight is 406 g/mol. The van der Waals surface area contributed by atoms with Crippen molar-refractivity contribution in [3.05, 3.63) is 42.2 Å². The number of fused-ring (bicyclic) bond motifs is 1. The Morgan fingerprint density at radius 3 is 2.57 bits per heavy atom. The van der Waals surface area contributed by atoms with Crippen LogP contribution in [0.2, 0.25) is 0 Å². The first kappa shape index (κ1) is 20.1. The van der Waals surface area contributed by atoms with Gasteiger partial charge in [-0.3, -0.25) is 0 Å². The Labute approximate surface area is 177 Å². The van der Waals surface area contributed by atoms with Crippen molar-refractivity contribution in [2.75, 3.05) is 31.1 Å². The summed E-state index contributed by atoms with van der Waals surface area (Å²) < 4.78 is 5.54. The van der Waals surface area contributed by atoms with Gasteiger partial charge in [0.25, 0.3) is 0 Å². The summed E-state index contributed by atoms with van der Waals surface area (Å²) in [4.78, 5) is 25.6. The van der Waals surface area contributed by atoms with E-state index in [-0.39, 0.29) is 6.09 Å². The van der Waals surface area contributed by atoms with E-state index in [4.69, 9.17) is 10.00 Å². The number of rotatable bonds is 2. The standard InChI is InChI=1S/C23H27N5O2/c1-23(2,3)30-22(29)27-8-7-18-13-28(15-20(18)14-27)21-25-11-19(12-26-21)17-6-4-5-16(9-17)10-24/h4-6,9,11-12,18,20H,7-8,13-15H2,1-3H3/t18-,20+/m0/s1. The maximum absolute atomic E-state index is 12.4. The number of nitriles is 1. The summed E-state index contributed by atoms with van der Waals surface area (Å²) in [5.41, 5.74) is 1.97. The van der Waals surface area contributed by atoms with Crippen LogP contribution in [0.3, 0.4) is 0 Å². The molecule has 30 heavy (non-hydrogen) atoms. The Balaban J connectivity index is 1.41. The van der Waals surface area contributed by atoms with E-state index in [0.717, 1.165) is 43.7 Å². The number of nitrogens with zero attached hydrogens (tertiary/aromatic N) is 5. The number of piperidine rings is 1. The van der Waals surface area contributed by atoms with Gasteiger partial charge in [0.15, 0.2) is 0 Å². The molecule has 1 amide bonds. The third-order valence-corrected chi connectivity index (χ3v) is 5.70. The number of likely N-dealkylation sites (tertiary alicyclic amines) is 1. The second-order valence-electron chi connectivity index (χ2n) is 9.10. The van der Waals surface area contributed by atoms with Crippen LogP contribution in [0.4, 0.5) is 10.7 Å². The van der Waals surface area contributed by atoms with Crippen molar-refractivity contribution in [1.82, 2.24) is 14.9 Å². The number of benzene rings is 1. The molecule has 0 aliphatic carbocycles. The lowest BCUT2D eigenvalue weighted by Crippen LogP contribution is -2.45. The Morgan fingerprint density at radius 1 is 1.13 bits per heavy atom. The SMILES string of the molecule is CC(C)(C)OC(=O)N1CC[C@H]2CN(c3ncc(-c4cccc(C#N)c4)cn3)C[C@H]2C1. The number of anilines is 1. The Hall–Kier alpha value is -3.14. The number of aromatic nitrogens is 2. The first-order chi connectivity index (χ1) is 14.3. The van der Waals surface area contributed by atoms with E-state index in [1.165, 1.54) is 0 Å². The second-order valence-corrected chi connectivity index (χ2v) is 9.10. The van der Waals surface area contributed by atoms with E-state index in [9.17, 15) is 4.79 Å². The highest BCUT2D eigenvalue weighted by atomic mass is 16.6. The number of carbonyl (C=O) groups excluding carboxylic acids is 1. The van der Waals surface area contributed by atoms with Crippen LogP contribution < -0.4 is 4.90 Å². The van der Waals surface area contributed by atoms with Crippen LogP contribution in [-0.4, -0.2) is 52.7 Å². The molecule has 0 unspecified atom stereocenters. The molecule has 4 rings (SSSR count). The van der Waals surface area contributed by atoms with E-state index >= 15 is 0 Å². The first-order valence-electron chi connectivity index (χ1n) is 10.4. The summed E-state index contributed by atoms with van der Waals surface area (Å²) in [5, 5.41) is 9.09. The van der Waals surface area contributed by atoms with Crippen LogP contribution in [0.15, 0.2) is 36.7 Å². The topological polar surface area (TPSA) is 82.4 Å². The third kappa shape index (κ3) is 4.38. The van der Waals surface area contributed by atoms with Gasteiger partial charge in [-0.05, 0) is 56.7 Å². The van der Waals surface area contributed by atoms with Crippen LogP contribution in [0.25, 0.3) is 11.1 Å². The number of hydrogen-bond donors (Lipinski definition) is 0. The Bertz CT molecular complexity index is 961. The molecule has 3 heterocycles. The minimum absolute atomic E-state index is 0.223. The normalized spacial score (nSPS) is 21.1. The van der Waals surface area contributed by atoms with Gasteiger partial charge in [-0.2, -0.15) is 5.26 Å². The minimum atomic E-state index is -0.474. The molecule has 0 spiro atoms. The van der Waals surface area contributed by atoms with Crippen molar-refractivity contribution in [2.24, 2.45) is 11.8 Å². The van der Waals surface area contributed by atoms with Gasteiger partial charge in [-0.25, -0.2) is 14.8 Å². The number of ether oxygens (including phenoxy) is 1. The fraction of sp³-hybridized carbons (Fsp3) is 0.478. The predicted octanol–water partition coefficient (Wildman–Crippen LogP) is 3.71. The van der Waals surface area contributed by atoms with Crippen molar-refractivity contribution >= 4 is 12.0 Å². The van der Waals surface area contributed by atoms with Gasteiger partial charge in [0.05, 0.1) is 11.6 Å². The van der Waals surface area contributed by atoms with E-state index in [2.05, 4.69) is 20.9 Å². The fourth-order valence-electron chi connectivity index (χ4n) is 4.23. The van der Waals surface area contributed by atoms with Gasteiger partial charge >= 0.3 is 6.09 Å². The van der Waals surface area contributed by atoms with Crippen molar-refractivity contribution in [3.8, 4) is 17.2 Å². The summed E-state index contributed by atoms with van der Waals surface area (Å²) in [5.74, 6) is 1.66. The maximum atomic E-state index is 12.4. The van der Waals surface area contributed by atoms with E-state index in [1.54, 1.807) is 6.07 Å². The van der Waals surface area contributed by atoms with E-state index < -0.39 is 5.60 Å². The summed E-state index contributed by atoms with van der Waals surface area (Å²) in [6.07, 6.45) is 4.38. The zero-order chi connectivity index (χ0) is 21.3. The van der Waals surface area contributed by atoms with Gasteiger partial charge in [0.2, 0.25) is 5.95 Å². The molecule has 0 saturated carbocycles. The maximum Gasteiger partial charge on any atom is 0.410 e. The van der Waals surface area contributed by atoms with Crippen molar-refractivity contribution in [1.29, 1.82) is 5.26 Å². The minimum Gasteiger partial charge on any atom is -0.444 e. The van der Waals surface area contributed by atoms with Crippen molar-refractivity contribution in [2.45, 2.75) is 32.8 Å². The molecule has 2 aliphatic heterocycles. The fourth-order valence-corrected chi connectivity index (χ4v) is 4.23. The first-order valence-corrected chi connectivity index (χ1v) is 10.4. The summed E-state index contributed by atoms with van der Waals surface area (Å²) in [6, 6.07) is 9.60. The van der Waals surface area contributed by atoms with Crippen molar-refractivity contribution < 1.29 is 9.53 Å². The van der Waals surface area contributed by atoms with E-state index in [0.29, 0.717) is 23.3 Å². The molecular weight excluding hydrogens is 378 g/mol. The summed E-state index contributed by atoms with van der Waals surface area (Å²) in [7, 11) is 0. The largest absolute Gasteiger partial charge is 0.444 e.